The van der Waals surface area contributed by atoms with Crippen LogP contribution in [0.15, 0.2) is 36.5 Å². The fraction of sp³-hybridized carbons (Fsp3) is 0.391. The average molecular weight is 479 g/mol. The quantitative estimate of drug-likeness (QED) is 0.314. The van der Waals surface area contributed by atoms with Gasteiger partial charge in [-0.3, -0.25) is 4.98 Å². The first-order valence-electron chi connectivity index (χ1n) is 10.6. The normalized spacial score (nSPS) is 14.8. The Kier molecular flexibility index (Phi) is 6.12. The molecule has 0 atom stereocenters. The molecule has 0 amide bonds. The molecule has 11 heteroatoms. The molecule has 2 aromatic heterocycles. The Morgan fingerprint density at radius 1 is 1.18 bits per heavy atom. The molecule has 1 aromatic carbocycles. The zero-order valence-electron chi connectivity index (χ0n) is 18.4. The number of anilines is 1. The standard InChI is InChI=1S/C23H22F5N5O/c1-22(2,23(26,27)28)32-31-13-6-9-18(30-12-13)20-17(11-29)16-8-7-15(34-21(24)25)10-19(16)33(20)14-4-3-5-14/h6-10,12,14,21,31-32H,3-5H2,1-2H3. The van der Waals surface area contributed by atoms with Gasteiger partial charge in [0.1, 0.15) is 17.4 Å². The van der Waals surface area contributed by atoms with Crippen LogP contribution in [0.25, 0.3) is 22.3 Å². The second kappa shape index (κ2) is 8.76. The van der Waals surface area contributed by atoms with Crippen molar-refractivity contribution >= 4 is 16.6 Å². The second-order valence-corrected chi connectivity index (χ2v) is 8.65. The molecule has 6 nitrogen and oxygen atoms in total. The van der Waals surface area contributed by atoms with Gasteiger partial charge in [-0.05, 0) is 57.4 Å². The van der Waals surface area contributed by atoms with Crippen LogP contribution in [0.4, 0.5) is 27.6 Å². The number of pyridine rings is 1. The molecule has 2 N–H and O–H groups in total. The van der Waals surface area contributed by atoms with Crippen LogP contribution in [0, 0.1) is 11.3 Å². The average Bonchev–Trinajstić information content (AvgIpc) is 3.03. The number of nitrogens with zero attached hydrogens (tertiary/aromatic N) is 3. The maximum Gasteiger partial charge on any atom is 0.407 e. The van der Waals surface area contributed by atoms with E-state index in [2.05, 4.69) is 26.6 Å². The van der Waals surface area contributed by atoms with Crippen molar-refractivity contribution in [2.75, 3.05) is 5.43 Å². The highest BCUT2D eigenvalue weighted by atomic mass is 19.4. The van der Waals surface area contributed by atoms with E-state index in [0.29, 0.717) is 33.5 Å². The number of fused-ring (bicyclic) bond motifs is 1. The number of alkyl halides is 5. The molecule has 3 aromatic rings. The first-order chi connectivity index (χ1) is 16.0. The number of rotatable bonds is 7. The van der Waals surface area contributed by atoms with Gasteiger partial charge in [0.15, 0.2) is 0 Å². The Morgan fingerprint density at radius 2 is 1.91 bits per heavy atom. The highest BCUT2D eigenvalue weighted by Crippen LogP contribution is 2.43. The summed E-state index contributed by atoms with van der Waals surface area (Å²) in [5.41, 5.74) is 4.80. The van der Waals surface area contributed by atoms with Gasteiger partial charge in [0, 0.05) is 17.5 Å². The summed E-state index contributed by atoms with van der Waals surface area (Å²) >= 11 is 0. The van der Waals surface area contributed by atoms with Crippen molar-refractivity contribution in [3.63, 3.8) is 0 Å². The Morgan fingerprint density at radius 3 is 2.44 bits per heavy atom. The molecular formula is C23H22F5N5O. The van der Waals surface area contributed by atoms with E-state index in [1.807, 2.05) is 4.57 Å². The van der Waals surface area contributed by atoms with Gasteiger partial charge in [-0.1, -0.05) is 0 Å². The Hall–Kier alpha value is -3.39. The van der Waals surface area contributed by atoms with E-state index in [0.717, 1.165) is 33.1 Å². The minimum absolute atomic E-state index is 0.0116. The molecule has 1 saturated carbocycles. The van der Waals surface area contributed by atoms with Gasteiger partial charge >= 0.3 is 12.8 Å². The molecule has 0 aliphatic heterocycles. The van der Waals surface area contributed by atoms with E-state index in [1.165, 1.54) is 18.3 Å². The number of aromatic nitrogens is 2. The van der Waals surface area contributed by atoms with Crippen LogP contribution in [0.1, 0.15) is 44.7 Å². The van der Waals surface area contributed by atoms with Gasteiger partial charge in [-0.25, -0.2) is 5.43 Å². The summed E-state index contributed by atoms with van der Waals surface area (Å²) in [7, 11) is 0. The summed E-state index contributed by atoms with van der Waals surface area (Å²) in [4.78, 5) is 4.38. The van der Waals surface area contributed by atoms with Crippen molar-refractivity contribution < 1.29 is 26.7 Å². The maximum atomic E-state index is 13.1. The van der Waals surface area contributed by atoms with Gasteiger partial charge in [-0.2, -0.15) is 27.2 Å². The van der Waals surface area contributed by atoms with Gasteiger partial charge in [0.25, 0.3) is 0 Å². The van der Waals surface area contributed by atoms with Crippen LogP contribution in [-0.4, -0.2) is 27.9 Å². The summed E-state index contributed by atoms with van der Waals surface area (Å²) in [5, 5.41) is 10.5. The third kappa shape index (κ3) is 4.37. The minimum Gasteiger partial charge on any atom is -0.435 e. The highest BCUT2D eigenvalue weighted by Gasteiger charge is 2.47. The number of ether oxygens (including phenoxy) is 1. The van der Waals surface area contributed by atoms with Gasteiger partial charge in [0.05, 0.1) is 34.4 Å². The number of hydrogen-bond donors (Lipinski definition) is 2. The van der Waals surface area contributed by atoms with E-state index in [9.17, 15) is 27.2 Å². The summed E-state index contributed by atoms with van der Waals surface area (Å²) < 4.78 is 71.2. The zero-order valence-corrected chi connectivity index (χ0v) is 18.4. The molecule has 34 heavy (non-hydrogen) atoms. The number of benzene rings is 1. The van der Waals surface area contributed by atoms with Crippen LogP contribution in [0.3, 0.4) is 0 Å². The summed E-state index contributed by atoms with van der Waals surface area (Å²) in [6, 6.07) is 9.86. The SMILES string of the molecule is CC(C)(NNc1ccc(-c2c(C#N)c3ccc(OC(F)F)cc3n2C2CCC2)nc1)C(F)(F)F. The van der Waals surface area contributed by atoms with Crippen molar-refractivity contribution in [1.82, 2.24) is 15.0 Å². The van der Waals surface area contributed by atoms with E-state index in [4.69, 9.17) is 0 Å². The zero-order chi connectivity index (χ0) is 24.7. The van der Waals surface area contributed by atoms with E-state index >= 15 is 0 Å². The van der Waals surface area contributed by atoms with Crippen LogP contribution < -0.4 is 15.6 Å². The molecule has 180 valence electrons. The maximum absolute atomic E-state index is 13.1. The molecular weight excluding hydrogens is 457 g/mol. The fourth-order valence-electron chi connectivity index (χ4n) is 3.76. The Labute approximate surface area is 192 Å². The van der Waals surface area contributed by atoms with Gasteiger partial charge < -0.3 is 14.7 Å². The summed E-state index contributed by atoms with van der Waals surface area (Å²) in [6.45, 7) is -0.967. The van der Waals surface area contributed by atoms with Crippen LogP contribution in [-0.2, 0) is 0 Å². The highest BCUT2D eigenvalue weighted by molar-refractivity contribution is 5.95. The van der Waals surface area contributed by atoms with Crippen LogP contribution >= 0.6 is 0 Å². The third-order valence-corrected chi connectivity index (χ3v) is 5.99. The van der Waals surface area contributed by atoms with Crippen molar-refractivity contribution in [2.24, 2.45) is 0 Å². The lowest BCUT2D eigenvalue weighted by Gasteiger charge is -2.30. The molecule has 2 heterocycles. The lowest BCUT2D eigenvalue weighted by atomic mass is 9.92. The summed E-state index contributed by atoms with van der Waals surface area (Å²) in [6.07, 6.45) is -0.388. The molecule has 0 bridgehead atoms. The third-order valence-electron chi connectivity index (χ3n) is 5.99. The first-order valence-corrected chi connectivity index (χ1v) is 10.6. The lowest BCUT2D eigenvalue weighted by molar-refractivity contribution is -0.184. The van der Waals surface area contributed by atoms with Gasteiger partial charge in [0.2, 0.25) is 0 Å². The Bertz CT molecular complexity index is 1220. The first kappa shape index (κ1) is 23.8. The molecule has 1 aliphatic rings. The lowest BCUT2D eigenvalue weighted by Crippen LogP contribution is -2.54. The molecule has 0 radical (unpaired) electrons. The number of nitrogens with one attached hydrogen (secondary N) is 2. The molecule has 1 fully saturated rings. The van der Waals surface area contributed by atoms with Crippen LogP contribution in [0.5, 0.6) is 5.75 Å². The van der Waals surface area contributed by atoms with Crippen LogP contribution in [0.2, 0.25) is 0 Å². The van der Waals surface area contributed by atoms with E-state index < -0.39 is 18.3 Å². The fourth-order valence-corrected chi connectivity index (χ4v) is 3.76. The minimum atomic E-state index is -4.47. The molecule has 1 aliphatic carbocycles. The molecule has 0 saturated heterocycles. The number of hydrazine groups is 1. The van der Waals surface area contributed by atoms with Crippen molar-refractivity contribution in [1.29, 1.82) is 5.26 Å². The number of halogens is 5. The van der Waals surface area contributed by atoms with Crippen molar-refractivity contribution in [2.45, 2.75) is 57.5 Å². The number of hydrogen-bond acceptors (Lipinski definition) is 5. The van der Waals surface area contributed by atoms with Crippen molar-refractivity contribution in [3.05, 3.63) is 42.1 Å². The molecule has 0 unspecified atom stereocenters. The van der Waals surface area contributed by atoms with Gasteiger partial charge in [-0.15, -0.1) is 0 Å². The van der Waals surface area contributed by atoms with E-state index in [1.54, 1.807) is 18.2 Å². The largest absolute Gasteiger partial charge is 0.435 e. The summed E-state index contributed by atoms with van der Waals surface area (Å²) in [5.74, 6) is -0.0116. The smallest absolute Gasteiger partial charge is 0.407 e. The molecule has 0 spiro atoms. The topological polar surface area (TPSA) is 74.9 Å². The second-order valence-electron chi connectivity index (χ2n) is 8.65. The van der Waals surface area contributed by atoms with E-state index in [-0.39, 0.29) is 11.8 Å². The monoisotopic (exact) mass is 479 g/mol. The van der Waals surface area contributed by atoms with Crippen molar-refractivity contribution in [3.8, 4) is 23.2 Å². The molecule has 4 rings (SSSR count). The Balaban J connectivity index is 1.73. The number of nitriles is 1. The predicted octanol–water partition coefficient (Wildman–Crippen LogP) is 6.16. The predicted molar refractivity (Wildman–Crippen MR) is 116 cm³/mol.